The summed E-state index contributed by atoms with van der Waals surface area (Å²) in [4.78, 5) is 11.7. The minimum absolute atomic E-state index is 0.0602. The summed E-state index contributed by atoms with van der Waals surface area (Å²) < 4.78 is 32.3. The molecule has 0 spiro atoms. The molecule has 0 aliphatic rings. The Bertz CT molecular complexity index is 847. The normalized spacial score (nSPS) is 10.9. The van der Waals surface area contributed by atoms with E-state index >= 15 is 0 Å². The zero-order valence-corrected chi connectivity index (χ0v) is 11.8. The predicted molar refractivity (Wildman–Crippen MR) is 74.3 cm³/mol. The Kier molecular flexibility index (Phi) is 3.80. The molecule has 7 nitrogen and oxygen atoms in total. The van der Waals surface area contributed by atoms with E-state index in [0.29, 0.717) is 11.3 Å². The molecule has 0 bridgehead atoms. The predicted octanol–water partition coefficient (Wildman–Crippen LogP) is 1.40. The third kappa shape index (κ3) is 3.28. The molecule has 1 aromatic heterocycles. The van der Waals surface area contributed by atoms with Crippen molar-refractivity contribution in [1.29, 1.82) is 5.26 Å². The van der Waals surface area contributed by atoms with Crippen LogP contribution < -0.4 is 5.32 Å². The average molecular weight is 305 g/mol. The fourth-order valence-corrected chi connectivity index (χ4v) is 2.31. The number of amides is 1. The molecule has 21 heavy (non-hydrogen) atoms. The maximum atomic E-state index is 12.1. The Hall–Kier alpha value is -2.63. The number of anilines is 1. The Balaban J connectivity index is 2.29. The SMILES string of the molecule is Cn1cc(S(=O)(=O)O)cc1C(=O)Nc1cccc(C#N)c1. The molecule has 2 N–H and O–H groups in total. The van der Waals surface area contributed by atoms with Crippen LogP contribution in [0.5, 0.6) is 0 Å². The van der Waals surface area contributed by atoms with Crippen molar-refractivity contribution in [3.8, 4) is 6.07 Å². The Morgan fingerprint density at radius 2 is 2.10 bits per heavy atom. The van der Waals surface area contributed by atoms with Gasteiger partial charge in [-0.3, -0.25) is 9.35 Å². The van der Waals surface area contributed by atoms with Crippen LogP contribution >= 0.6 is 0 Å². The second kappa shape index (κ2) is 5.40. The molecule has 0 aliphatic carbocycles. The largest absolute Gasteiger partial charge is 0.345 e. The standard InChI is InChI=1S/C13H11N3O4S/c1-16-8-11(21(18,19)20)6-12(16)13(17)15-10-4-2-3-9(5-10)7-14/h2-6,8H,1H3,(H,15,17)(H,18,19,20). The molecule has 8 heteroatoms. The average Bonchev–Trinajstić information content (AvgIpc) is 2.81. The third-order valence-electron chi connectivity index (χ3n) is 2.76. The molecule has 1 heterocycles. The topological polar surface area (TPSA) is 112 Å². The number of rotatable bonds is 3. The molecule has 0 atom stereocenters. The number of benzene rings is 1. The number of carbonyl (C=O) groups excluding carboxylic acids is 1. The van der Waals surface area contributed by atoms with E-state index in [1.54, 1.807) is 18.2 Å². The van der Waals surface area contributed by atoms with Crippen LogP contribution in [0.2, 0.25) is 0 Å². The van der Waals surface area contributed by atoms with E-state index in [9.17, 15) is 13.2 Å². The van der Waals surface area contributed by atoms with Crippen molar-refractivity contribution in [2.24, 2.45) is 7.05 Å². The first-order chi connectivity index (χ1) is 9.81. The van der Waals surface area contributed by atoms with Gasteiger partial charge in [-0.15, -0.1) is 0 Å². The Morgan fingerprint density at radius 3 is 2.67 bits per heavy atom. The minimum Gasteiger partial charge on any atom is -0.345 e. The summed E-state index contributed by atoms with van der Waals surface area (Å²) in [7, 11) is -2.88. The number of aromatic nitrogens is 1. The fraction of sp³-hybridized carbons (Fsp3) is 0.0769. The van der Waals surface area contributed by atoms with Gasteiger partial charge in [-0.2, -0.15) is 13.7 Å². The van der Waals surface area contributed by atoms with Gasteiger partial charge >= 0.3 is 0 Å². The van der Waals surface area contributed by atoms with E-state index in [0.717, 1.165) is 12.3 Å². The molecule has 2 aromatic rings. The highest BCUT2D eigenvalue weighted by atomic mass is 32.2. The van der Waals surface area contributed by atoms with Crippen LogP contribution in [0.25, 0.3) is 0 Å². The highest BCUT2D eigenvalue weighted by molar-refractivity contribution is 7.85. The van der Waals surface area contributed by atoms with E-state index in [4.69, 9.17) is 9.81 Å². The number of nitrogens with zero attached hydrogens (tertiary/aromatic N) is 2. The van der Waals surface area contributed by atoms with Gasteiger partial charge in [0.15, 0.2) is 0 Å². The first kappa shape index (κ1) is 14.8. The van der Waals surface area contributed by atoms with Gasteiger partial charge < -0.3 is 9.88 Å². The lowest BCUT2D eigenvalue weighted by Crippen LogP contribution is -2.15. The van der Waals surface area contributed by atoms with Crippen LogP contribution in [-0.2, 0) is 17.2 Å². The minimum atomic E-state index is -4.37. The van der Waals surface area contributed by atoms with E-state index in [2.05, 4.69) is 5.32 Å². The lowest BCUT2D eigenvalue weighted by Gasteiger charge is -2.05. The number of hydrogen-bond acceptors (Lipinski definition) is 4. The molecule has 0 fully saturated rings. The first-order valence-electron chi connectivity index (χ1n) is 5.76. The van der Waals surface area contributed by atoms with Gasteiger partial charge in [0.25, 0.3) is 16.0 Å². The third-order valence-corrected chi connectivity index (χ3v) is 3.58. The fourth-order valence-electron chi connectivity index (χ4n) is 1.76. The molecule has 0 saturated carbocycles. The zero-order chi connectivity index (χ0) is 15.6. The lowest BCUT2D eigenvalue weighted by molar-refractivity contribution is 0.101. The number of aryl methyl sites for hydroxylation is 1. The van der Waals surface area contributed by atoms with E-state index in [1.165, 1.54) is 17.7 Å². The van der Waals surface area contributed by atoms with E-state index in [-0.39, 0.29) is 10.6 Å². The van der Waals surface area contributed by atoms with Crippen LogP contribution in [-0.4, -0.2) is 23.4 Å². The summed E-state index contributed by atoms with van der Waals surface area (Å²) in [6.07, 6.45) is 1.13. The molecule has 1 amide bonds. The summed E-state index contributed by atoms with van der Waals surface area (Å²) in [5.74, 6) is -0.553. The van der Waals surface area contributed by atoms with Crippen molar-refractivity contribution in [1.82, 2.24) is 4.57 Å². The first-order valence-corrected chi connectivity index (χ1v) is 7.20. The van der Waals surface area contributed by atoms with Gasteiger partial charge in [0, 0.05) is 18.9 Å². The van der Waals surface area contributed by atoms with Crippen molar-refractivity contribution < 1.29 is 17.8 Å². The van der Waals surface area contributed by atoms with Crippen LogP contribution in [0.1, 0.15) is 16.1 Å². The number of hydrogen-bond donors (Lipinski definition) is 2. The van der Waals surface area contributed by atoms with Crippen molar-refractivity contribution in [3.05, 3.63) is 47.8 Å². The summed E-state index contributed by atoms with van der Waals surface area (Å²) >= 11 is 0. The quantitative estimate of drug-likeness (QED) is 0.832. The van der Waals surface area contributed by atoms with Crippen molar-refractivity contribution in [3.63, 3.8) is 0 Å². The number of nitriles is 1. The van der Waals surface area contributed by atoms with E-state index in [1.807, 2.05) is 6.07 Å². The molecular formula is C13H11N3O4S. The van der Waals surface area contributed by atoms with Crippen LogP contribution in [0.4, 0.5) is 5.69 Å². The molecule has 108 valence electrons. The maximum Gasteiger partial charge on any atom is 0.296 e. The zero-order valence-electron chi connectivity index (χ0n) is 10.9. The van der Waals surface area contributed by atoms with Gasteiger partial charge in [0.05, 0.1) is 11.6 Å². The number of carbonyl (C=O) groups is 1. The lowest BCUT2D eigenvalue weighted by atomic mass is 10.2. The van der Waals surface area contributed by atoms with Crippen LogP contribution in [0.15, 0.2) is 41.4 Å². The molecular weight excluding hydrogens is 294 g/mol. The van der Waals surface area contributed by atoms with Crippen molar-refractivity contribution in [2.45, 2.75) is 4.90 Å². The summed E-state index contributed by atoms with van der Waals surface area (Å²) in [6, 6.07) is 9.31. The summed E-state index contributed by atoms with van der Waals surface area (Å²) in [6.45, 7) is 0. The molecule has 1 aromatic carbocycles. The van der Waals surface area contributed by atoms with Crippen LogP contribution in [0, 0.1) is 11.3 Å². The van der Waals surface area contributed by atoms with Crippen molar-refractivity contribution >= 4 is 21.7 Å². The molecule has 0 unspecified atom stereocenters. The van der Waals surface area contributed by atoms with Crippen molar-refractivity contribution in [2.75, 3.05) is 5.32 Å². The van der Waals surface area contributed by atoms with Gasteiger partial charge in [0.1, 0.15) is 10.6 Å². The highest BCUT2D eigenvalue weighted by Crippen LogP contribution is 2.16. The molecule has 0 saturated heterocycles. The number of nitrogens with one attached hydrogen (secondary N) is 1. The van der Waals surface area contributed by atoms with Crippen LogP contribution in [0.3, 0.4) is 0 Å². The van der Waals surface area contributed by atoms with Gasteiger partial charge in [-0.25, -0.2) is 0 Å². The summed E-state index contributed by atoms with van der Waals surface area (Å²) in [5.41, 5.74) is 0.858. The van der Waals surface area contributed by atoms with Gasteiger partial charge in [-0.1, -0.05) is 6.07 Å². The summed E-state index contributed by atoms with van der Waals surface area (Å²) in [5, 5.41) is 11.3. The Morgan fingerprint density at radius 1 is 1.38 bits per heavy atom. The second-order valence-corrected chi connectivity index (χ2v) is 5.72. The Labute approximate surface area is 121 Å². The smallest absolute Gasteiger partial charge is 0.296 e. The van der Waals surface area contributed by atoms with Gasteiger partial charge in [0.2, 0.25) is 0 Å². The van der Waals surface area contributed by atoms with Gasteiger partial charge in [-0.05, 0) is 24.3 Å². The monoisotopic (exact) mass is 305 g/mol. The maximum absolute atomic E-state index is 12.1. The highest BCUT2D eigenvalue weighted by Gasteiger charge is 2.18. The second-order valence-electron chi connectivity index (χ2n) is 4.29. The molecule has 2 rings (SSSR count). The van der Waals surface area contributed by atoms with E-state index < -0.39 is 16.0 Å². The molecule has 0 aliphatic heterocycles. The molecule has 0 radical (unpaired) electrons.